The number of non-ortho nitro benzene ring substituents is 1. The van der Waals surface area contributed by atoms with Gasteiger partial charge in [0.05, 0.1) is 4.92 Å². The van der Waals surface area contributed by atoms with Crippen LogP contribution in [0.5, 0.6) is 0 Å². The molecular weight excluding hydrogens is 314 g/mol. The fraction of sp³-hybridized carbons (Fsp3) is 0. The van der Waals surface area contributed by atoms with Crippen LogP contribution in [0.25, 0.3) is 17.2 Å². The lowest BCUT2D eigenvalue weighted by atomic mass is 10.0. The first-order valence-electron chi connectivity index (χ1n) is 7.76. The molecule has 0 spiro atoms. The lowest BCUT2D eigenvalue weighted by Crippen LogP contribution is -1.94. The van der Waals surface area contributed by atoms with Crippen LogP contribution in [0.2, 0.25) is 0 Å². The summed E-state index contributed by atoms with van der Waals surface area (Å²) in [4.78, 5) is 22.6. The van der Waals surface area contributed by atoms with Crippen LogP contribution in [-0.4, -0.2) is 10.7 Å². The number of allylic oxidation sites excluding steroid dienone is 1. The molecule has 4 nitrogen and oxygen atoms in total. The van der Waals surface area contributed by atoms with E-state index in [2.05, 4.69) is 0 Å². The highest BCUT2D eigenvalue weighted by molar-refractivity contribution is 6.07. The summed E-state index contributed by atoms with van der Waals surface area (Å²) in [5, 5.41) is 10.8. The molecule has 0 heterocycles. The molecule has 0 aliphatic carbocycles. The van der Waals surface area contributed by atoms with Crippen molar-refractivity contribution in [1.82, 2.24) is 0 Å². The van der Waals surface area contributed by atoms with Gasteiger partial charge in [-0.2, -0.15) is 0 Å². The maximum Gasteiger partial charge on any atom is 0.270 e. The van der Waals surface area contributed by atoms with Crippen molar-refractivity contribution in [2.24, 2.45) is 0 Å². The molecule has 0 saturated heterocycles. The molecular formula is C21H15NO3. The number of hydrogen-bond donors (Lipinski definition) is 0. The van der Waals surface area contributed by atoms with Gasteiger partial charge in [0.15, 0.2) is 5.78 Å². The van der Waals surface area contributed by atoms with Gasteiger partial charge in [-0.05, 0) is 22.8 Å². The normalized spacial score (nSPS) is 10.7. The topological polar surface area (TPSA) is 60.2 Å². The van der Waals surface area contributed by atoms with Gasteiger partial charge in [-0.1, -0.05) is 72.8 Å². The van der Waals surface area contributed by atoms with E-state index in [4.69, 9.17) is 0 Å². The molecule has 0 saturated carbocycles. The van der Waals surface area contributed by atoms with Gasteiger partial charge in [-0.25, -0.2) is 0 Å². The Hall–Kier alpha value is -3.53. The van der Waals surface area contributed by atoms with Crippen molar-refractivity contribution in [1.29, 1.82) is 0 Å². The van der Waals surface area contributed by atoms with Gasteiger partial charge in [0, 0.05) is 17.7 Å². The van der Waals surface area contributed by atoms with Gasteiger partial charge < -0.3 is 0 Å². The molecule has 0 unspecified atom stereocenters. The number of carbonyl (C=O) groups is 1. The third-order valence-corrected chi connectivity index (χ3v) is 3.78. The summed E-state index contributed by atoms with van der Waals surface area (Å²) in [6.45, 7) is 0. The van der Waals surface area contributed by atoms with E-state index in [1.807, 2.05) is 42.5 Å². The molecule has 0 aromatic heterocycles. The van der Waals surface area contributed by atoms with E-state index in [-0.39, 0.29) is 11.5 Å². The SMILES string of the molecule is O=C(/C=C/c1cccc([N+](=O)[O-])c1)c1ccc(-c2ccccc2)cc1. The molecule has 3 aromatic rings. The van der Waals surface area contributed by atoms with Crippen molar-refractivity contribution in [2.45, 2.75) is 0 Å². The quantitative estimate of drug-likeness (QED) is 0.281. The van der Waals surface area contributed by atoms with Crippen LogP contribution in [-0.2, 0) is 0 Å². The second kappa shape index (κ2) is 7.36. The molecule has 122 valence electrons. The Morgan fingerprint density at radius 3 is 2.20 bits per heavy atom. The Bertz CT molecular complexity index is 929. The standard InChI is InChI=1S/C21H15NO3/c23-21(14-9-16-5-4-8-20(15-16)22(24)25)19-12-10-18(11-13-19)17-6-2-1-3-7-17/h1-15H/b14-9+. The second-order valence-corrected chi connectivity index (χ2v) is 5.49. The molecule has 0 amide bonds. The van der Waals surface area contributed by atoms with E-state index in [0.717, 1.165) is 11.1 Å². The van der Waals surface area contributed by atoms with Crippen molar-refractivity contribution in [3.05, 3.63) is 106 Å². The summed E-state index contributed by atoms with van der Waals surface area (Å²) in [5.41, 5.74) is 3.32. The zero-order valence-corrected chi connectivity index (χ0v) is 13.3. The number of rotatable bonds is 5. The fourth-order valence-electron chi connectivity index (χ4n) is 2.47. The maximum atomic E-state index is 12.3. The van der Waals surface area contributed by atoms with Crippen LogP contribution in [0.4, 0.5) is 5.69 Å². The number of benzene rings is 3. The van der Waals surface area contributed by atoms with E-state index in [9.17, 15) is 14.9 Å². The predicted octanol–water partition coefficient (Wildman–Crippen LogP) is 5.16. The average molecular weight is 329 g/mol. The summed E-state index contributed by atoms with van der Waals surface area (Å²) in [7, 11) is 0. The van der Waals surface area contributed by atoms with Gasteiger partial charge in [-0.15, -0.1) is 0 Å². The zero-order valence-electron chi connectivity index (χ0n) is 13.3. The molecule has 0 N–H and O–H groups in total. The van der Waals surface area contributed by atoms with E-state index in [1.54, 1.807) is 30.3 Å². The highest BCUT2D eigenvalue weighted by Gasteiger charge is 2.05. The maximum absolute atomic E-state index is 12.3. The van der Waals surface area contributed by atoms with Crippen molar-refractivity contribution in [3.63, 3.8) is 0 Å². The van der Waals surface area contributed by atoms with Crippen LogP contribution in [0.15, 0.2) is 84.9 Å². The highest BCUT2D eigenvalue weighted by atomic mass is 16.6. The van der Waals surface area contributed by atoms with Crippen LogP contribution in [0.1, 0.15) is 15.9 Å². The van der Waals surface area contributed by atoms with Gasteiger partial charge in [-0.3, -0.25) is 14.9 Å². The third kappa shape index (κ3) is 4.06. The van der Waals surface area contributed by atoms with E-state index >= 15 is 0 Å². The average Bonchev–Trinajstić information content (AvgIpc) is 2.67. The zero-order chi connectivity index (χ0) is 17.6. The van der Waals surface area contributed by atoms with E-state index < -0.39 is 4.92 Å². The smallest absolute Gasteiger partial charge is 0.270 e. The summed E-state index contributed by atoms with van der Waals surface area (Å²) in [5.74, 6) is -0.147. The van der Waals surface area contributed by atoms with Gasteiger partial charge in [0.2, 0.25) is 0 Å². The molecule has 25 heavy (non-hydrogen) atoms. The first-order valence-corrected chi connectivity index (χ1v) is 7.76. The van der Waals surface area contributed by atoms with Crippen LogP contribution in [0, 0.1) is 10.1 Å². The first kappa shape index (κ1) is 16.3. The molecule has 0 fully saturated rings. The minimum absolute atomic E-state index is 0.00168. The predicted molar refractivity (Wildman–Crippen MR) is 98.3 cm³/mol. The molecule has 0 aliphatic rings. The van der Waals surface area contributed by atoms with Gasteiger partial charge in [0.25, 0.3) is 5.69 Å². The summed E-state index contributed by atoms with van der Waals surface area (Å²) in [6, 6.07) is 23.5. The lowest BCUT2D eigenvalue weighted by molar-refractivity contribution is -0.384. The molecule has 0 bridgehead atoms. The van der Waals surface area contributed by atoms with E-state index in [0.29, 0.717) is 11.1 Å². The number of nitro groups is 1. The Morgan fingerprint density at radius 2 is 1.52 bits per heavy atom. The third-order valence-electron chi connectivity index (χ3n) is 3.78. The van der Waals surface area contributed by atoms with Gasteiger partial charge >= 0.3 is 0 Å². The van der Waals surface area contributed by atoms with Crippen molar-refractivity contribution >= 4 is 17.5 Å². The molecule has 0 aliphatic heterocycles. The Balaban J connectivity index is 1.75. The fourth-order valence-corrected chi connectivity index (χ4v) is 2.47. The number of nitrogens with zero attached hydrogens (tertiary/aromatic N) is 1. The van der Waals surface area contributed by atoms with E-state index in [1.165, 1.54) is 18.2 Å². The Labute approximate surface area is 145 Å². The second-order valence-electron chi connectivity index (χ2n) is 5.49. The number of nitro benzene ring substituents is 1. The number of ketones is 1. The number of carbonyl (C=O) groups excluding carboxylic acids is 1. The monoisotopic (exact) mass is 329 g/mol. The largest absolute Gasteiger partial charge is 0.289 e. The number of hydrogen-bond acceptors (Lipinski definition) is 3. The van der Waals surface area contributed by atoms with Crippen LogP contribution in [0.3, 0.4) is 0 Å². The van der Waals surface area contributed by atoms with Crippen LogP contribution < -0.4 is 0 Å². The summed E-state index contributed by atoms with van der Waals surface area (Å²) in [6.07, 6.45) is 3.01. The molecule has 0 radical (unpaired) electrons. The summed E-state index contributed by atoms with van der Waals surface area (Å²) >= 11 is 0. The highest BCUT2D eigenvalue weighted by Crippen LogP contribution is 2.20. The minimum atomic E-state index is -0.457. The summed E-state index contributed by atoms with van der Waals surface area (Å²) < 4.78 is 0. The Morgan fingerprint density at radius 1 is 0.840 bits per heavy atom. The lowest BCUT2D eigenvalue weighted by Gasteiger charge is -2.02. The molecule has 3 rings (SSSR count). The van der Waals surface area contributed by atoms with Crippen molar-refractivity contribution in [2.75, 3.05) is 0 Å². The van der Waals surface area contributed by atoms with Crippen LogP contribution >= 0.6 is 0 Å². The van der Waals surface area contributed by atoms with Crippen molar-refractivity contribution in [3.8, 4) is 11.1 Å². The van der Waals surface area contributed by atoms with Crippen molar-refractivity contribution < 1.29 is 9.72 Å². The molecule has 0 atom stereocenters. The first-order chi connectivity index (χ1) is 12.1. The minimum Gasteiger partial charge on any atom is -0.289 e. The van der Waals surface area contributed by atoms with Gasteiger partial charge in [0.1, 0.15) is 0 Å². The molecule has 4 heteroatoms. The Kier molecular flexibility index (Phi) is 4.81. The molecule has 3 aromatic carbocycles.